The van der Waals surface area contributed by atoms with Crippen molar-refractivity contribution in [1.82, 2.24) is 10.6 Å². The summed E-state index contributed by atoms with van der Waals surface area (Å²) in [5, 5.41) is 13.6. The van der Waals surface area contributed by atoms with Crippen LogP contribution in [0.4, 0.5) is 4.79 Å². The molecule has 0 aliphatic heterocycles. The highest BCUT2D eigenvalue weighted by atomic mass is 33.5. The fraction of sp³-hybridized carbons (Fsp3) is 0.727. The molecule has 2 amide bonds. The molecule has 0 aliphatic rings. The van der Waals surface area contributed by atoms with Crippen molar-refractivity contribution < 1.29 is 9.59 Å². The number of thiol groups is 1. The van der Waals surface area contributed by atoms with Crippen molar-refractivity contribution in [2.24, 2.45) is 11.8 Å². The molecule has 0 bridgehead atoms. The Hall–Kier alpha value is -0.520. The van der Waals surface area contributed by atoms with Crippen molar-refractivity contribution >= 4 is 43.4 Å². The molecule has 0 fully saturated rings. The van der Waals surface area contributed by atoms with E-state index in [9.17, 15) is 9.59 Å². The summed E-state index contributed by atoms with van der Waals surface area (Å²) in [4.78, 5) is 22.7. The van der Waals surface area contributed by atoms with Crippen LogP contribution in [-0.2, 0) is 4.79 Å². The number of rotatable bonds is 8. The monoisotopic (exact) mass is 321 g/mol. The first-order chi connectivity index (χ1) is 9.01. The van der Waals surface area contributed by atoms with E-state index in [4.69, 9.17) is 5.26 Å². The smallest absolute Gasteiger partial charge is 0.290 e. The molecule has 0 spiro atoms. The Kier molecular flexibility index (Phi) is 11.0. The number of hydrogen-bond acceptors (Lipinski definition) is 6. The van der Waals surface area contributed by atoms with Gasteiger partial charge in [-0.1, -0.05) is 25.5 Å². The minimum atomic E-state index is -0.117. The number of hydrogen-bond donors (Lipinski definition) is 3. The molecule has 8 heteroatoms. The Morgan fingerprint density at radius 2 is 2.00 bits per heavy atom. The average Bonchev–Trinajstić information content (AvgIpc) is 2.40. The van der Waals surface area contributed by atoms with Gasteiger partial charge in [-0.05, 0) is 28.6 Å². The molecule has 2 unspecified atom stereocenters. The topological polar surface area (TPSA) is 82.0 Å². The van der Waals surface area contributed by atoms with Gasteiger partial charge in [-0.2, -0.15) is 5.26 Å². The molecule has 0 aromatic rings. The number of nitrogens with one attached hydrogen (secondary N) is 2. The Labute approximate surface area is 126 Å². The third-order valence-corrected chi connectivity index (χ3v) is 4.31. The van der Waals surface area contributed by atoms with E-state index in [1.54, 1.807) is 0 Å². The minimum absolute atomic E-state index is 0.0490. The van der Waals surface area contributed by atoms with E-state index in [-0.39, 0.29) is 23.6 Å². The van der Waals surface area contributed by atoms with E-state index >= 15 is 0 Å². The second-order valence-electron chi connectivity index (χ2n) is 4.29. The van der Waals surface area contributed by atoms with E-state index in [1.165, 1.54) is 0 Å². The minimum Gasteiger partial charge on any atom is -0.346 e. The first kappa shape index (κ1) is 18.5. The number of carbonyl (C=O) groups is 2. The highest BCUT2D eigenvalue weighted by Crippen LogP contribution is 2.25. The quantitative estimate of drug-likeness (QED) is 0.364. The number of nitriles is 1. The zero-order chi connectivity index (χ0) is 14.7. The number of carbonyl (C=O) groups excluding carboxylic acids is 2. The maximum Gasteiger partial charge on any atom is 0.290 e. The third-order valence-electron chi connectivity index (χ3n) is 2.59. The van der Waals surface area contributed by atoms with Crippen LogP contribution in [0.5, 0.6) is 0 Å². The predicted octanol–water partition coefficient (Wildman–Crippen LogP) is 2.61. The summed E-state index contributed by atoms with van der Waals surface area (Å²) >= 11 is 3.87. The maximum atomic E-state index is 11.5. The number of amides is 2. The van der Waals surface area contributed by atoms with Crippen LogP contribution in [0, 0.1) is 23.2 Å². The van der Waals surface area contributed by atoms with E-state index in [1.807, 2.05) is 19.9 Å². The summed E-state index contributed by atoms with van der Waals surface area (Å²) in [6.07, 6.45) is 1.59. The van der Waals surface area contributed by atoms with Gasteiger partial charge < -0.3 is 10.6 Å². The van der Waals surface area contributed by atoms with Crippen molar-refractivity contribution in [2.75, 3.05) is 13.1 Å². The Morgan fingerprint density at radius 1 is 1.32 bits per heavy atom. The second kappa shape index (κ2) is 11.3. The fourth-order valence-corrected chi connectivity index (χ4v) is 2.59. The molecule has 2 N–H and O–H groups in total. The van der Waals surface area contributed by atoms with Crippen LogP contribution in [0.25, 0.3) is 0 Å². The maximum absolute atomic E-state index is 11.5. The van der Waals surface area contributed by atoms with Crippen molar-refractivity contribution in [3.8, 4) is 6.07 Å². The van der Waals surface area contributed by atoms with Gasteiger partial charge in [-0.3, -0.25) is 9.59 Å². The largest absolute Gasteiger partial charge is 0.346 e. The lowest BCUT2D eigenvalue weighted by molar-refractivity contribution is -0.124. The lowest BCUT2D eigenvalue weighted by Crippen LogP contribution is -2.30. The standard InChI is InChI=1S/C11H19N3O2S3/c1-8(7-14-11(16)18-19-17)3-4-9(2)10(15)13-6-5-12/h8-9,17H,3-4,6-7H2,1-2H3,(H,13,15)(H,14,16). The van der Waals surface area contributed by atoms with E-state index in [0.29, 0.717) is 12.5 Å². The highest BCUT2D eigenvalue weighted by molar-refractivity contribution is 9.08. The van der Waals surface area contributed by atoms with Crippen LogP contribution < -0.4 is 10.6 Å². The third kappa shape index (κ3) is 9.99. The van der Waals surface area contributed by atoms with Crippen molar-refractivity contribution in [3.05, 3.63) is 0 Å². The molecule has 0 aromatic carbocycles. The summed E-state index contributed by atoms with van der Waals surface area (Å²) in [7, 11) is 2.16. The van der Waals surface area contributed by atoms with Crippen LogP contribution in [0.1, 0.15) is 26.7 Å². The van der Waals surface area contributed by atoms with Gasteiger partial charge in [0.15, 0.2) is 0 Å². The number of nitrogens with zero attached hydrogens (tertiary/aromatic N) is 1. The van der Waals surface area contributed by atoms with Crippen molar-refractivity contribution in [2.45, 2.75) is 26.7 Å². The molecular weight excluding hydrogens is 302 g/mol. The lowest BCUT2D eigenvalue weighted by atomic mass is 9.97. The van der Waals surface area contributed by atoms with Gasteiger partial charge in [0, 0.05) is 23.3 Å². The van der Waals surface area contributed by atoms with Gasteiger partial charge in [0.1, 0.15) is 6.54 Å². The second-order valence-corrected chi connectivity index (χ2v) is 7.26. The average molecular weight is 321 g/mol. The van der Waals surface area contributed by atoms with E-state index in [0.717, 1.165) is 33.5 Å². The molecule has 0 saturated heterocycles. The van der Waals surface area contributed by atoms with Crippen molar-refractivity contribution in [3.63, 3.8) is 0 Å². The lowest BCUT2D eigenvalue weighted by Gasteiger charge is -2.15. The zero-order valence-electron chi connectivity index (χ0n) is 11.0. The molecule has 0 aliphatic carbocycles. The summed E-state index contributed by atoms with van der Waals surface area (Å²) in [6, 6.07) is 1.87. The zero-order valence-corrected chi connectivity index (χ0v) is 13.5. The first-order valence-electron chi connectivity index (χ1n) is 5.91. The summed E-state index contributed by atoms with van der Waals surface area (Å²) in [5.74, 6) is 0.0920. The first-order valence-corrected chi connectivity index (χ1v) is 9.12. The fourth-order valence-electron chi connectivity index (χ4n) is 1.39. The highest BCUT2D eigenvalue weighted by Gasteiger charge is 2.14. The molecule has 108 valence electrons. The van der Waals surface area contributed by atoms with Gasteiger partial charge in [-0.25, -0.2) is 0 Å². The van der Waals surface area contributed by atoms with Gasteiger partial charge in [0.25, 0.3) is 5.24 Å². The predicted molar refractivity (Wildman–Crippen MR) is 83.8 cm³/mol. The Bertz CT molecular complexity index is 334. The van der Waals surface area contributed by atoms with E-state index < -0.39 is 0 Å². The Balaban J connectivity index is 3.77. The molecule has 0 aromatic heterocycles. The van der Waals surface area contributed by atoms with Gasteiger partial charge in [0.05, 0.1) is 6.07 Å². The normalized spacial score (nSPS) is 13.2. The molecule has 0 radical (unpaired) electrons. The van der Waals surface area contributed by atoms with Crippen LogP contribution in [-0.4, -0.2) is 24.2 Å². The van der Waals surface area contributed by atoms with E-state index in [2.05, 4.69) is 22.3 Å². The van der Waals surface area contributed by atoms with Crippen LogP contribution in [0.15, 0.2) is 0 Å². The Morgan fingerprint density at radius 3 is 2.58 bits per heavy atom. The molecule has 19 heavy (non-hydrogen) atoms. The molecule has 0 heterocycles. The van der Waals surface area contributed by atoms with Gasteiger partial charge in [0.2, 0.25) is 5.91 Å². The van der Waals surface area contributed by atoms with Crippen LogP contribution >= 0.6 is 32.3 Å². The summed E-state index contributed by atoms with van der Waals surface area (Å²) < 4.78 is 0. The summed E-state index contributed by atoms with van der Waals surface area (Å²) in [6.45, 7) is 4.50. The molecule has 0 saturated carbocycles. The van der Waals surface area contributed by atoms with Crippen molar-refractivity contribution in [1.29, 1.82) is 5.26 Å². The van der Waals surface area contributed by atoms with Crippen LogP contribution in [0.3, 0.4) is 0 Å². The van der Waals surface area contributed by atoms with Crippen LogP contribution in [0.2, 0.25) is 0 Å². The van der Waals surface area contributed by atoms with Gasteiger partial charge >= 0.3 is 0 Å². The molecule has 2 atom stereocenters. The molecule has 5 nitrogen and oxygen atoms in total. The van der Waals surface area contributed by atoms with Gasteiger partial charge in [-0.15, -0.1) is 0 Å². The molecule has 0 rings (SSSR count). The summed E-state index contributed by atoms with van der Waals surface area (Å²) in [5.41, 5.74) is 0. The molecular formula is C11H19N3O2S3. The SMILES string of the molecule is CC(CCC(C)C(=O)NCC#N)CNC(=O)SSS.